The van der Waals surface area contributed by atoms with Crippen LogP contribution in [0.15, 0.2) is 41.5 Å². The van der Waals surface area contributed by atoms with Gasteiger partial charge in [-0.25, -0.2) is 4.79 Å². The number of esters is 1. The normalized spacial score (nSPS) is 11.7. The van der Waals surface area contributed by atoms with Crippen LogP contribution >= 0.6 is 0 Å². The number of ether oxygens (including phenoxy) is 1. The fraction of sp³-hybridized carbons (Fsp3) is 0.333. The van der Waals surface area contributed by atoms with Crippen molar-refractivity contribution in [1.82, 2.24) is 0 Å². The highest BCUT2D eigenvalue weighted by Gasteiger charge is 2.16. The summed E-state index contributed by atoms with van der Waals surface area (Å²) < 4.78 is 4.63. The lowest BCUT2D eigenvalue weighted by Crippen LogP contribution is -2.12. The topological polar surface area (TPSA) is 63.6 Å². The van der Waals surface area contributed by atoms with Crippen molar-refractivity contribution < 1.29 is 19.4 Å². The van der Waals surface area contributed by atoms with E-state index in [0.717, 1.165) is 17.6 Å². The number of allylic oxidation sites excluding steroid dienone is 1. The van der Waals surface area contributed by atoms with Crippen molar-refractivity contribution in [1.29, 1.82) is 0 Å². The largest absolute Gasteiger partial charge is 0.481 e. The minimum atomic E-state index is -1.03. The van der Waals surface area contributed by atoms with Gasteiger partial charge >= 0.3 is 11.9 Å². The van der Waals surface area contributed by atoms with Gasteiger partial charge in [-0.15, -0.1) is 0 Å². The van der Waals surface area contributed by atoms with Gasteiger partial charge in [-0.3, -0.25) is 4.79 Å². The average molecular weight is 262 g/mol. The lowest BCUT2D eigenvalue weighted by Gasteiger charge is -2.09. The molecule has 1 aromatic rings. The Balaban J connectivity index is 2.78. The van der Waals surface area contributed by atoms with Crippen LogP contribution < -0.4 is 0 Å². The fourth-order valence-electron chi connectivity index (χ4n) is 1.80. The van der Waals surface area contributed by atoms with Gasteiger partial charge in [0, 0.05) is 5.57 Å². The van der Waals surface area contributed by atoms with Gasteiger partial charge < -0.3 is 9.84 Å². The Labute approximate surface area is 112 Å². The summed E-state index contributed by atoms with van der Waals surface area (Å²) in [5.74, 6) is -1.59. The molecule has 0 saturated heterocycles. The summed E-state index contributed by atoms with van der Waals surface area (Å²) >= 11 is 0. The van der Waals surface area contributed by atoms with Gasteiger partial charge in [0.15, 0.2) is 0 Å². The van der Waals surface area contributed by atoms with E-state index in [9.17, 15) is 9.59 Å². The molecule has 0 aliphatic rings. The van der Waals surface area contributed by atoms with Crippen molar-refractivity contribution in [3.05, 3.63) is 47.0 Å². The molecule has 0 amide bonds. The molecule has 0 aliphatic heterocycles. The van der Waals surface area contributed by atoms with Crippen molar-refractivity contribution in [2.24, 2.45) is 0 Å². The maximum atomic E-state index is 11.6. The number of carbonyl (C=O) groups is 2. The zero-order valence-electron chi connectivity index (χ0n) is 11.2. The maximum absolute atomic E-state index is 11.6. The number of carbonyl (C=O) groups excluding carboxylic acids is 1. The first-order valence-corrected chi connectivity index (χ1v) is 6.07. The summed E-state index contributed by atoms with van der Waals surface area (Å²) in [6, 6.07) is 9.85. The zero-order chi connectivity index (χ0) is 14.3. The number of rotatable bonds is 6. The highest BCUT2D eigenvalue weighted by atomic mass is 16.5. The number of hydrogen-bond donors (Lipinski definition) is 1. The quantitative estimate of drug-likeness (QED) is 0.632. The van der Waals surface area contributed by atoms with Crippen LogP contribution in [0.4, 0.5) is 0 Å². The summed E-state index contributed by atoms with van der Waals surface area (Å²) in [7, 11) is 1.26. The van der Waals surface area contributed by atoms with Crippen LogP contribution in [0, 0.1) is 0 Å². The van der Waals surface area contributed by atoms with Crippen molar-refractivity contribution in [2.45, 2.75) is 26.2 Å². The molecule has 19 heavy (non-hydrogen) atoms. The molecule has 0 fully saturated rings. The van der Waals surface area contributed by atoms with E-state index in [-0.39, 0.29) is 12.0 Å². The van der Waals surface area contributed by atoms with E-state index in [0.29, 0.717) is 6.42 Å². The smallest absolute Gasteiger partial charge is 0.334 e. The molecular weight excluding hydrogens is 244 g/mol. The van der Waals surface area contributed by atoms with Crippen LogP contribution in [0.5, 0.6) is 0 Å². The molecule has 0 spiro atoms. The second-order valence-corrected chi connectivity index (χ2v) is 4.31. The number of aryl methyl sites for hydroxylation is 1. The van der Waals surface area contributed by atoms with E-state index in [1.54, 1.807) is 6.92 Å². The van der Waals surface area contributed by atoms with Crippen molar-refractivity contribution in [3.8, 4) is 0 Å². The Kier molecular flexibility index (Phi) is 5.79. The molecule has 0 heterocycles. The van der Waals surface area contributed by atoms with Crippen LogP contribution in [-0.2, 0) is 20.7 Å². The summed E-state index contributed by atoms with van der Waals surface area (Å²) in [5.41, 5.74) is 2.16. The molecule has 4 heteroatoms. The second-order valence-electron chi connectivity index (χ2n) is 4.31. The summed E-state index contributed by atoms with van der Waals surface area (Å²) in [6.45, 7) is 1.78. The lowest BCUT2D eigenvalue weighted by molar-refractivity contribution is -0.141. The van der Waals surface area contributed by atoms with Gasteiger partial charge in [0.2, 0.25) is 0 Å². The third-order valence-corrected chi connectivity index (χ3v) is 2.91. The Hall–Kier alpha value is -2.10. The zero-order valence-corrected chi connectivity index (χ0v) is 11.2. The Morgan fingerprint density at radius 1 is 1.21 bits per heavy atom. The predicted molar refractivity (Wildman–Crippen MR) is 71.7 cm³/mol. The van der Waals surface area contributed by atoms with Crippen LogP contribution in [0.2, 0.25) is 0 Å². The summed E-state index contributed by atoms with van der Waals surface area (Å²) in [5, 5.41) is 8.82. The Morgan fingerprint density at radius 2 is 1.84 bits per heavy atom. The van der Waals surface area contributed by atoms with Gasteiger partial charge in [-0.05, 0) is 25.3 Å². The molecule has 0 radical (unpaired) electrons. The molecule has 102 valence electrons. The maximum Gasteiger partial charge on any atom is 0.334 e. The molecule has 1 aromatic carbocycles. The van der Waals surface area contributed by atoms with Crippen molar-refractivity contribution in [2.75, 3.05) is 7.11 Å². The summed E-state index contributed by atoms with van der Waals surface area (Å²) in [4.78, 5) is 22.3. The van der Waals surface area contributed by atoms with Crippen LogP contribution in [0.25, 0.3) is 0 Å². The first-order valence-electron chi connectivity index (χ1n) is 6.07. The predicted octanol–water partition coefficient (Wildman–Crippen LogP) is 2.58. The van der Waals surface area contributed by atoms with Gasteiger partial charge in [0.1, 0.15) is 0 Å². The van der Waals surface area contributed by atoms with Crippen LogP contribution in [0.1, 0.15) is 25.3 Å². The number of aliphatic carboxylic acids is 1. The van der Waals surface area contributed by atoms with E-state index >= 15 is 0 Å². The van der Waals surface area contributed by atoms with Gasteiger partial charge in [0.05, 0.1) is 13.5 Å². The first-order chi connectivity index (χ1) is 9.04. The molecular formula is C15H18O4. The Bertz CT molecular complexity index is 474. The van der Waals surface area contributed by atoms with E-state index in [2.05, 4.69) is 4.74 Å². The van der Waals surface area contributed by atoms with Crippen molar-refractivity contribution in [3.63, 3.8) is 0 Å². The Morgan fingerprint density at radius 3 is 2.37 bits per heavy atom. The van der Waals surface area contributed by atoms with Crippen LogP contribution in [-0.4, -0.2) is 24.2 Å². The van der Waals surface area contributed by atoms with Crippen LogP contribution in [0.3, 0.4) is 0 Å². The standard InChI is InChI=1S/C15H18O4/c1-11(8-9-12-6-4-3-5-7-12)13(10-14(16)17)15(18)19-2/h3-7H,8-10H2,1-2H3,(H,16,17). The number of carboxylic acid groups (broad SMARTS) is 1. The van der Waals surface area contributed by atoms with E-state index in [4.69, 9.17) is 5.11 Å². The third-order valence-electron chi connectivity index (χ3n) is 2.91. The molecule has 0 aliphatic carbocycles. The number of methoxy groups -OCH3 is 1. The van der Waals surface area contributed by atoms with E-state index < -0.39 is 11.9 Å². The highest BCUT2D eigenvalue weighted by molar-refractivity contribution is 5.94. The highest BCUT2D eigenvalue weighted by Crippen LogP contribution is 2.16. The monoisotopic (exact) mass is 262 g/mol. The molecule has 4 nitrogen and oxygen atoms in total. The second kappa shape index (κ2) is 7.36. The molecule has 0 aromatic heterocycles. The van der Waals surface area contributed by atoms with E-state index in [1.165, 1.54) is 7.11 Å². The number of benzene rings is 1. The minimum Gasteiger partial charge on any atom is -0.481 e. The molecule has 0 atom stereocenters. The molecule has 0 saturated carbocycles. The average Bonchev–Trinajstić information content (AvgIpc) is 2.42. The molecule has 0 unspecified atom stereocenters. The minimum absolute atomic E-state index is 0.242. The SMILES string of the molecule is COC(=O)C(CC(=O)O)=C(C)CCc1ccccc1. The van der Waals surface area contributed by atoms with Gasteiger partial charge in [0.25, 0.3) is 0 Å². The van der Waals surface area contributed by atoms with Gasteiger partial charge in [-0.1, -0.05) is 35.9 Å². The first kappa shape index (κ1) is 15.0. The van der Waals surface area contributed by atoms with Gasteiger partial charge in [-0.2, -0.15) is 0 Å². The molecule has 1 N–H and O–H groups in total. The molecule has 0 bridgehead atoms. The molecule has 1 rings (SSSR count). The van der Waals surface area contributed by atoms with Crippen molar-refractivity contribution >= 4 is 11.9 Å². The van der Waals surface area contributed by atoms with E-state index in [1.807, 2.05) is 30.3 Å². The third kappa shape index (κ3) is 4.95. The number of carboxylic acids is 1. The summed E-state index contributed by atoms with van der Waals surface area (Å²) in [6.07, 6.45) is 1.11. The lowest BCUT2D eigenvalue weighted by atomic mass is 9.99. The number of hydrogen-bond acceptors (Lipinski definition) is 3. The fourth-order valence-corrected chi connectivity index (χ4v) is 1.80.